The second-order valence-corrected chi connectivity index (χ2v) is 6.99. The van der Waals surface area contributed by atoms with Crippen molar-refractivity contribution in [3.8, 4) is 0 Å². The van der Waals surface area contributed by atoms with Gasteiger partial charge in [0.1, 0.15) is 6.10 Å². The van der Waals surface area contributed by atoms with E-state index in [4.69, 9.17) is 9.47 Å². The summed E-state index contributed by atoms with van der Waals surface area (Å²) in [5.74, 6) is -0.283. The Labute approximate surface area is 153 Å². The molecule has 0 spiro atoms. The number of ether oxygens (including phenoxy) is 2. The van der Waals surface area contributed by atoms with Crippen LogP contribution in [0.2, 0.25) is 0 Å². The Morgan fingerprint density at radius 2 is 1.76 bits per heavy atom. The Hall–Kier alpha value is -1.39. The molecule has 0 saturated heterocycles. The van der Waals surface area contributed by atoms with Crippen LogP contribution >= 0.6 is 0 Å². The van der Waals surface area contributed by atoms with Crippen LogP contribution in [0.1, 0.15) is 64.5 Å². The average Bonchev–Trinajstić information content (AvgIpc) is 2.58. The summed E-state index contributed by atoms with van der Waals surface area (Å²) in [7, 11) is 3.99. The number of hydrogen-bond acceptors (Lipinski definition) is 4. The third-order valence-corrected chi connectivity index (χ3v) is 4.11. The first kappa shape index (κ1) is 21.7. The predicted octanol–water partition coefficient (Wildman–Crippen LogP) is 4.60. The van der Waals surface area contributed by atoms with Gasteiger partial charge in [0.25, 0.3) is 0 Å². The Kier molecular flexibility index (Phi) is 10.4. The first-order chi connectivity index (χ1) is 12.0. The van der Waals surface area contributed by atoms with Gasteiger partial charge in [0.15, 0.2) is 6.10 Å². The monoisotopic (exact) mass is 349 g/mol. The van der Waals surface area contributed by atoms with Gasteiger partial charge in [-0.1, -0.05) is 63.4 Å². The molecule has 0 radical (unpaired) electrons. The molecule has 1 aromatic carbocycles. The van der Waals surface area contributed by atoms with Crippen LogP contribution in [0.3, 0.4) is 0 Å². The van der Waals surface area contributed by atoms with Gasteiger partial charge in [-0.25, -0.2) is 4.79 Å². The van der Waals surface area contributed by atoms with Crippen LogP contribution in [-0.2, 0) is 14.3 Å². The predicted molar refractivity (Wildman–Crippen MR) is 103 cm³/mol. The van der Waals surface area contributed by atoms with Gasteiger partial charge < -0.3 is 14.4 Å². The lowest BCUT2D eigenvalue weighted by Crippen LogP contribution is -2.33. The molecule has 0 aliphatic heterocycles. The van der Waals surface area contributed by atoms with Crippen molar-refractivity contribution in [1.29, 1.82) is 0 Å². The minimum absolute atomic E-state index is 0.0242. The molecule has 0 bridgehead atoms. The van der Waals surface area contributed by atoms with E-state index < -0.39 is 6.10 Å². The summed E-state index contributed by atoms with van der Waals surface area (Å²) in [6, 6.07) is 9.66. The zero-order chi connectivity index (χ0) is 18.7. The highest BCUT2D eigenvalue weighted by atomic mass is 16.6. The van der Waals surface area contributed by atoms with Crippen molar-refractivity contribution in [3.63, 3.8) is 0 Å². The lowest BCUT2D eigenvalue weighted by atomic mass is 10.1. The molecule has 0 saturated carbocycles. The van der Waals surface area contributed by atoms with Crippen LogP contribution < -0.4 is 0 Å². The molecule has 3 unspecified atom stereocenters. The molecule has 0 aliphatic carbocycles. The van der Waals surface area contributed by atoms with E-state index in [1.165, 1.54) is 0 Å². The number of carbonyl (C=O) groups excluding carboxylic acids is 1. The molecule has 142 valence electrons. The first-order valence-corrected chi connectivity index (χ1v) is 9.53. The zero-order valence-corrected chi connectivity index (χ0v) is 16.5. The number of hydrogen-bond donors (Lipinski definition) is 0. The quantitative estimate of drug-likeness (QED) is 0.517. The summed E-state index contributed by atoms with van der Waals surface area (Å²) in [5.41, 5.74) is 0.857. The van der Waals surface area contributed by atoms with Crippen molar-refractivity contribution >= 4 is 5.97 Å². The van der Waals surface area contributed by atoms with E-state index in [1.807, 2.05) is 51.4 Å². The highest BCUT2D eigenvalue weighted by molar-refractivity contribution is 5.76. The number of esters is 1. The molecule has 0 heterocycles. The summed E-state index contributed by atoms with van der Waals surface area (Å²) in [6.45, 7) is 7.02. The molecule has 0 amide bonds. The van der Waals surface area contributed by atoms with Crippen LogP contribution in [0.15, 0.2) is 30.3 Å². The van der Waals surface area contributed by atoms with Gasteiger partial charge in [0, 0.05) is 6.54 Å². The molecule has 0 fully saturated rings. The number of carbonyl (C=O) groups is 1. The molecule has 4 heteroatoms. The molecular formula is C21H35NO3. The lowest BCUT2D eigenvalue weighted by Gasteiger charge is -2.26. The molecule has 25 heavy (non-hydrogen) atoms. The Bertz CT molecular complexity index is 475. The van der Waals surface area contributed by atoms with Gasteiger partial charge in [-0.15, -0.1) is 0 Å². The van der Waals surface area contributed by atoms with Crippen LogP contribution in [0.5, 0.6) is 0 Å². The Balaban J connectivity index is 2.84. The van der Waals surface area contributed by atoms with Crippen molar-refractivity contribution in [1.82, 2.24) is 4.90 Å². The highest BCUT2D eigenvalue weighted by Gasteiger charge is 2.27. The highest BCUT2D eigenvalue weighted by Crippen LogP contribution is 2.24. The van der Waals surface area contributed by atoms with E-state index in [-0.39, 0.29) is 18.2 Å². The second-order valence-electron chi connectivity index (χ2n) is 6.99. The number of unbranched alkanes of at least 4 members (excludes halogenated alkanes) is 1. The van der Waals surface area contributed by atoms with Gasteiger partial charge in [0.2, 0.25) is 0 Å². The van der Waals surface area contributed by atoms with E-state index in [1.54, 1.807) is 0 Å². The molecule has 0 N–H and O–H groups in total. The fraction of sp³-hybridized carbons (Fsp3) is 0.667. The fourth-order valence-corrected chi connectivity index (χ4v) is 2.83. The maximum Gasteiger partial charge on any atom is 0.340 e. The molecule has 0 aromatic heterocycles. The standard InChI is InChI=1S/C21H35NO3/c1-6-8-13-17(3)24-20(18-14-10-9-11-15-18)21(23)25-19(12-7-2)16-22(4)5/h9-11,14-15,17,19-20H,6-8,12-13,16H2,1-5H3. The van der Waals surface area contributed by atoms with Crippen LogP contribution in [-0.4, -0.2) is 43.7 Å². The third-order valence-electron chi connectivity index (χ3n) is 4.11. The van der Waals surface area contributed by atoms with Crippen LogP contribution in [0.4, 0.5) is 0 Å². The minimum atomic E-state index is -0.658. The zero-order valence-electron chi connectivity index (χ0n) is 16.5. The van der Waals surface area contributed by atoms with Crippen molar-refractivity contribution < 1.29 is 14.3 Å². The Morgan fingerprint density at radius 3 is 2.32 bits per heavy atom. The largest absolute Gasteiger partial charge is 0.459 e. The van der Waals surface area contributed by atoms with Crippen LogP contribution in [0, 0.1) is 0 Å². The van der Waals surface area contributed by atoms with Crippen molar-refractivity contribution in [2.45, 2.75) is 71.2 Å². The topological polar surface area (TPSA) is 38.8 Å². The molecule has 0 aliphatic rings. The third kappa shape index (κ3) is 8.50. The van der Waals surface area contributed by atoms with E-state index >= 15 is 0 Å². The van der Waals surface area contributed by atoms with Gasteiger partial charge in [-0.05, 0) is 39.4 Å². The normalized spacial score (nSPS) is 15.0. The fourth-order valence-electron chi connectivity index (χ4n) is 2.83. The van der Waals surface area contributed by atoms with E-state index in [0.717, 1.165) is 44.2 Å². The maximum absolute atomic E-state index is 12.9. The summed E-state index contributed by atoms with van der Waals surface area (Å²) in [6.07, 6.45) is 4.26. The number of rotatable bonds is 12. The molecular weight excluding hydrogens is 314 g/mol. The van der Waals surface area contributed by atoms with E-state index in [0.29, 0.717) is 0 Å². The van der Waals surface area contributed by atoms with E-state index in [2.05, 4.69) is 18.7 Å². The summed E-state index contributed by atoms with van der Waals surface area (Å²) in [4.78, 5) is 14.9. The SMILES string of the molecule is CCCCC(C)OC(C(=O)OC(CCC)CN(C)C)c1ccccc1. The molecule has 1 aromatic rings. The van der Waals surface area contributed by atoms with Crippen molar-refractivity contribution in [2.75, 3.05) is 20.6 Å². The summed E-state index contributed by atoms with van der Waals surface area (Å²) in [5, 5.41) is 0. The number of nitrogens with zero attached hydrogens (tertiary/aromatic N) is 1. The van der Waals surface area contributed by atoms with Crippen molar-refractivity contribution in [2.24, 2.45) is 0 Å². The summed E-state index contributed by atoms with van der Waals surface area (Å²) >= 11 is 0. The maximum atomic E-state index is 12.9. The van der Waals surface area contributed by atoms with Crippen molar-refractivity contribution in [3.05, 3.63) is 35.9 Å². The van der Waals surface area contributed by atoms with Crippen LogP contribution in [0.25, 0.3) is 0 Å². The van der Waals surface area contributed by atoms with E-state index in [9.17, 15) is 4.79 Å². The smallest absolute Gasteiger partial charge is 0.340 e. The molecule has 1 rings (SSSR count). The second kappa shape index (κ2) is 12.0. The van der Waals surface area contributed by atoms with Gasteiger partial charge >= 0.3 is 5.97 Å². The Morgan fingerprint density at radius 1 is 1.08 bits per heavy atom. The average molecular weight is 350 g/mol. The van der Waals surface area contributed by atoms with Gasteiger partial charge in [-0.2, -0.15) is 0 Å². The minimum Gasteiger partial charge on any atom is -0.459 e. The molecule has 3 atom stereocenters. The number of likely N-dealkylation sites (N-methyl/N-ethyl adjacent to an activating group) is 1. The molecule has 4 nitrogen and oxygen atoms in total. The van der Waals surface area contributed by atoms with Gasteiger partial charge in [-0.3, -0.25) is 0 Å². The number of benzene rings is 1. The summed E-state index contributed by atoms with van der Waals surface area (Å²) < 4.78 is 11.9. The lowest BCUT2D eigenvalue weighted by molar-refractivity contribution is -0.168. The van der Waals surface area contributed by atoms with Gasteiger partial charge in [0.05, 0.1) is 6.10 Å². The first-order valence-electron chi connectivity index (χ1n) is 9.53.